The molecule has 1 saturated carbocycles. The van der Waals surface area contributed by atoms with Crippen LogP contribution in [0, 0.1) is 11.8 Å². The van der Waals surface area contributed by atoms with Crippen LogP contribution >= 0.6 is 0 Å². The lowest BCUT2D eigenvalue weighted by molar-refractivity contribution is 0.0482. The van der Waals surface area contributed by atoms with Crippen molar-refractivity contribution in [2.24, 2.45) is 11.8 Å². The molecule has 1 fully saturated rings. The van der Waals surface area contributed by atoms with Crippen LogP contribution in [-0.4, -0.2) is 41.2 Å². The molecule has 1 aliphatic carbocycles. The van der Waals surface area contributed by atoms with E-state index in [2.05, 4.69) is 5.32 Å². The number of ether oxygens (including phenoxy) is 1. The first-order chi connectivity index (χ1) is 8.85. The average Bonchev–Trinajstić information content (AvgIpc) is 2.71. The second kappa shape index (κ2) is 8.38. The Bertz CT molecular complexity index is 263. The first-order valence-electron chi connectivity index (χ1n) is 7.07. The van der Waals surface area contributed by atoms with E-state index in [0.717, 1.165) is 6.42 Å². The Balaban J connectivity index is 0.00000154. The van der Waals surface area contributed by atoms with E-state index < -0.39 is 11.7 Å². The van der Waals surface area contributed by atoms with E-state index in [0.29, 0.717) is 6.42 Å². The highest BCUT2D eigenvalue weighted by molar-refractivity contribution is 5.68. The quantitative estimate of drug-likeness (QED) is 0.735. The van der Waals surface area contributed by atoms with Crippen molar-refractivity contribution in [3.8, 4) is 0 Å². The molecule has 0 radical (unpaired) electrons. The number of aliphatic hydroxyl groups is 2. The number of alkyl carbamates (subject to hydrolysis) is 1. The molecule has 5 heteroatoms. The lowest BCUT2D eigenvalue weighted by Crippen LogP contribution is -2.41. The molecule has 1 rings (SSSR count). The van der Waals surface area contributed by atoms with Crippen LogP contribution < -0.4 is 5.32 Å². The van der Waals surface area contributed by atoms with Crippen molar-refractivity contribution < 1.29 is 19.7 Å². The summed E-state index contributed by atoms with van der Waals surface area (Å²) < 4.78 is 5.17. The normalized spacial score (nSPS) is 26.4. The van der Waals surface area contributed by atoms with Crippen LogP contribution in [0.25, 0.3) is 0 Å². The first-order valence-corrected chi connectivity index (χ1v) is 7.07. The van der Waals surface area contributed by atoms with Crippen LogP contribution in [0.5, 0.6) is 0 Å². The fourth-order valence-electron chi connectivity index (χ4n) is 2.23. The van der Waals surface area contributed by atoms with Crippen molar-refractivity contribution in [2.45, 2.75) is 59.1 Å². The van der Waals surface area contributed by atoms with Crippen LogP contribution in [0.1, 0.15) is 47.5 Å². The van der Waals surface area contributed by atoms with Crippen LogP contribution in [-0.2, 0) is 4.74 Å². The molecule has 3 N–H and O–H groups in total. The van der Waals surface area contributed by atoms with Gasteiger partial charge in [-0.25, -0.2) is 4.79 Å². The third kappa shape index (κ3) is 6.78. The maximum atomic E-state index is 11.6. The zero-order valence-electron chi connectivity index (χ0n) is 12.8. The lowest BCUT2D eigenvalue weighted by atomic mass is 10.0. The summed E-state index contributed by atoms with van der Waals surface area (Å²) in [5, 5.41) is 21.1. The van der Waals surface area contributed by atoms with E-state index in [9.17, 15) is 9.90 Å². The second-order valence-electron chi connectivity index (χ2n) is 5.72. The predicted octanol–water partition coefficient (Wildman–Crippen LogP) is 1.92. The highest BCUT2D eigenvalue weighted by atomic mass is 16.6. The van der Waals surface area contributed by atoms with Gasteiger partial charge in [-0.2, -0.15) is 0 Å². The molecule has 114 valence electrons. The van der Waals surface area contributed by atoms with Crippen molar-refractivity contribution in [3.63, 3.8) is 0 Å². The molecule has 0 aromatic rings. The Labute approximate surface area is 116 Å². The summed E-state index contributed by atoms with van der Waals surface area (Å²) in [7, 11) is 0. The molecule has 0 aliphatic heterocycles. The first kappa shape index (κ1) is 18.2. The molecule has 1 amide bonds. The number of hydrogen-bond acceptors (Lipinski definition) is 4. The molecular formula is C14H29NO4. The van der Waals surface area contributed by atoms with Crippen molar-refractivity contribution in [2.75, 3.05) is 13.2 Å². The lowest BCUT2D eigenvalue weighted by Gasteiger charge is -2.23. The van der Waals surface area contributed by atoms with Crippen LogP contribution in [0.4, 0.5) is 4.79 Å². The van der Waals surface area contributed by atoms with Gasteiger partial charge in [0.2, 0.25) is 0 Å². The van der Waals surface area contributed by atoms with Gasteiger partial charge in [0.1, 0.15) is 5.60 Å². The van der Waals surface area contributed by atoms with Crippen molar-refractivity contribution in [1.82, 2.24) is 5.32 Å². The van der Waals surface area contributed by atoms with Crippen LogP contribution in [0.3, 0.4) is 0 Å². The Hall–Kier alpha value is -0.810. The molecule has 0 heterocycles. The Morgan fingerprint density at radius 3 is 2.21 bits per heavy atom. The minimum atomic E-state index is -0.520. The summed E-state index contributed by atoms with van der Waals surface area (Å²) in [5.41, 5.74) is -0.520. The molecule has 0 saturated heterocycles. The smallest absolute Gasteiger partial charge is 0.407 e. The summed E-state index contributed by atoms with van der Waals surface area (Å²) >= 11 is 0. The highest BCUT2D eigenvalue weighted by Crippen LogP contribution is 2.30. The topological polar surface area (TPSA) is 78.8 Å². The number of amides is 1. The molecule has 3 atom stereocenters. The molecule has 0 aromatic carbocycles. The van der Waals surface area contributed by atoms with E-state index in [1.54, 1.807) is 20.8 Å². The van der Waals surface area contributed by atoms with E-state index >= 15 is 0 Å². The SMILES string of the molecule is CC.CC(C)(C)OC(=O)N[C@@H]1C[C@H](CO)C[C@H]1CO. The zero-order valence-corrected chi connectivity index (χ0v) is 12.8. The van der Waals surface area contributed by atoms with E-state index in [1.807, 2.05) is 13.8 Å². The fourth-order valence-corrected chi connectivity index (χ4v) is 2.23. The molecule has 0 bridgehead atoms. The molecule has 19 heavy (non-hydrogen) atoms. The number of carbonyl (C=O) groups excluding carboxylic acids is 1. The van der Waals surface area contributed by atoms with Gasteiger partial charge in [0.15, 0.2) is 0 Å². The van der Waals surface area contributed by atoms with Gasteiger partial charge in [0.25, 0.3) is 0 Å². The third-order valence-corrected chi connectivity index (χ3v) is 2.99. The van der Waals surface area contributed by atoms with Gasteiger partial charge >= 0.3 is 6.09 Å². The molecule has 5 nitrogen and oxygen atoms in total. The maximum absolute atomic E-state index is 11.6. The second-order valence-corrected chi connectivity index (χ2v) is 5.72. The predicted molar refractivity (Wildman–Crippen MR) is 74.9 cm³/mol. The average molecular weight is 275 g/mol. The maximum Gasteiger partial charge on any atom is 0.407 e. The van der Waals surface area contributed by atoms with Crippen molar-refractivity contribution >= 4 is 6.09 Å². The number of hydrogen-bond donors (Lipinski definition) is 3. The summed E-state index contributed by atoms with van der Waals surface area (Å²) in [6, 6.07) is -0.105. The molecular weight excluding hydrogens is 246 g/mol. The Morgan fingerprint density at radius 2 is 1.79 bits per heavy atom. The number of aliphatic hydroxyl groups excluding tert-OH is 2. The molecule has 1 aliphatic rings. The summed E-state index contributed by atoms with van der Waals surface area (Å²) in [6.07, 6.45) is 0.980. The van der Waals surface area contributed by atoms with Gasteiger partial charge in [-0.3, -0.25) is 0 Å². The molecule has 0 spiro atoms. The van der Waals surface area contributed by atoms with Gasteiger partial charge in [-0.05, 0) is 39.5 Å². The monoisotopic (exact) mass is 275 g/mol. The fraction of sp³-hybridized carbons (Fsp3) is 0.929. The van der Waals surface area contributed by atoms with Gasteiger partial charge in [0, 0.05) is 25.2 Å². The van der Waals surface area contributed by atoms with Gasteiger partial charge in [0.05, 0.1) is 0 Å². The zero-order chi connectivity index (χ0) is 15.1. The largest absolute Gasteiger partial charge is 0.444 e. The van der Waals surface area contributed by atoms with Gasteiger partial charge in [-0.1, -0.05) is 13.8 Å². The van der Waals surface area contributed by atoms with Gasteiger partial charge < -0.3 is 20.3 Å². The van der Waals surface area contributed by atoms with E-state index in [1.165, 1.54) is 0 Å². The van der Waals surface area contributed by atoms with Crippen LogP contribution in [0.2, 0.25) is 0 Å². The number of carbonyl (C=O) groups is 1. The number of rotatable bonds is 3. The Kier molecular flexibility index (Phi) is 8.02. The van der Waals surface area contributed by atoms with Crippen molar-refractivity contribution in [1.29, 1.82) is 0 Å². The highest BCUT2D eigenvalue weighted by Gasteiger charge is 2.35. The van der Waals surface area contributed by atoms with E-state index in [4.69, 9.17) is 9.84 Å². The number of nitrogens with one attached hydrogen (secondary N) is 1. The third-order valence-electron chi connectivity index (χ3n) is 2.99. The Morgan fingerprint density at radius 1 is 1.21 bits per heavy atom. The molecule has 0 aromatic heterocycles. The minimum Gasteiger partial charge on any atom is -0.444 e. The standard InChI is InChI=1S/C12H23NO4.C2H6/c1-12(2,3)17-11(16)13-10-5-8(6-14)4-9(10)7-15;1-2/h8-10,14-15H,4-7H2,1-3H3,(H,13,16);1-2H3/t8-,9+,10-;/m1./s1. The molecule has 0 unspecified atom stereocenters. The summed E-state index contributed by atoms with van der Waals surface area (Å²) in [4.78, 5) is 11.6. The van der Waals surface area contributed by atoms with E-state index in [-0.39, 0.29) is 31.1 Å². The van der Waals surface area contributed by atoms with Gasteiger partial charge in [-0.15, -0.1) is 0 Å². The van der Waals surface area contributed by atoms with Crippen LogP contribution in [0.15, 0.2) is 0 Å². The summed E-state index contributed by atoms with van der Waals surface area (Å²) in [6.45, 7) is 9.55. The summed E-state index contributed by atoms with van der Waals surface area (Å²) in [5.74, 6) is 0.173. The minimum absolute atomic E-state index is 0.0136. The van der Waals surface area contributed by atoms with Crippen molar-refractivity contribution in [3.05, 3.63) is 0 Å².